The summed E-state index contributed by atoms with van der Waals surface area (Å²) in [6.07, 6.45) is 1.52. The molecule has 2 rings (SSSR count). The monoisotopic (exact) mass is 382 g/mol. The number of nitrogens with zero attached hydrogens (tertiary/aromatic N) is 1. The third-order valence-corrected chi connectivity index (χ3v) is 3.71. The topological polar surface area (TPSA) is 77.5 Å². The third kappa shape index (κ3) is 5.08. The molecule has 6 nitrogen and oxygen atoms in total. The van der Waals surface area contributed by atoms with Gasteiger partial charge >= 0.3 is 5.97 Å². The largest absolute Gasteiger partial charge is 0.478 e. The first kappa shape index (κ1) is 19.0. The Kier molecular flexibility index (Phi) is 6.61. The fraction of sp³-hybridized carbons (Fsp3) is 0.235. The Balaban J connectivity index is 2.05. The van der Waals surface area contributed by atoms with Crippen LogP contribution in [0.1, 0.15) is 5.69 Å². The normalized spacial score (nSPS) is 10.4. The Bertz CT molecular complexity index is 824. The van der Waals surface area contributed by atoms with Gasteiger partial charge in [-0.15, -0.1) is 6.58 Å². The summed E-state index contributed by atoms with van der Waals surface area (Å²) >= 11 is 12.3. The van der Waals surface area contributed by atoms with Crippen LogP contribution in [-0.2, 0) is 14.3 Å². The molecule has 0 radical (unpaired) electrons. The van der Waals surface area contributed by atoms with Crippen molar-refractivity contribution in [3.8, 4) is 5.75 Å². The molecule has 0 aliphatic rings. The van der Waals surface area contributed by atoms with Gasteiger partial charge in [-0.1, -0.05) is 29.3 Å². The number of carbonyl (C=O) groups is 2. The van der Waals surface area contributed by atoms with E-state index in [0.717, 1.165) is 5.69 Å². The zero-order valence-corrected chi connectivity index (χ0v) is 15.0. The number of aryl methyl sites for hydroxylation is 1. The number of halogens is 2. The molecule has 132 valence electrons. The lowest BCUT2D eigenvalue weighted by atomic mass is 10.2. The molecule has 0 bridgehead atoms. The van der Waals surface area contributed by atoms with Crippen LogP contribution in [0.2, 0.25) is 10.0 Å². The fourth-order valence-electron chi connectivity index (χ4n) is 1.98. The van der Waals surface area contributed by atoms with Gasteiger partial charge in [0.25, 0.3) is 5.91 Å². The number of benzene rings is 1. The minimum absolute atomic E-state index is 0.229. The van der Waals surface area contributed by atoms with E-state index in [9.17, 15) is 9.59 Å². The summed E-state index contributed by atoms with van der Waals surface area (Å²) < 4.78 is 10.3. The SMILES string of the molecule is C=CCNC(=O)COC(=O)COc1c(Cl)cc(Cl)c2ccc(C)nc12. The van der Waals surface area contributed by atoms with Crippen LogP contribution < -0.4 is 10.1 Å². The van der Waals surface area contributed by atoms with Gasteiger partial charge in [0.05, 0.1) is 10.0 Å². The second-order valence-corrected chi connectivity index (χ2v) is 5.87. The van der Waals surface area contributed by atoms with Crippen LogP contribution in [-0.4, -0.2) is 36.6 Å². The fourth-order valence-corrected chi connectivity index (χ4v) is 2.55. The van der Waals surface area contributed by atoms with Crippen LogP contribution in [0.25, 0.3) is 10.9 Å². The Morgan fingerprint density at radius 2 is 2.04 bits per heavy atom. The van der Waals surface area contributed by atoms with Crippen LogP contribution in [0, 0.1) is 6.92 Å². The molecule has 8 heteroatoms. The van der Waals surface area contributed by atoms with Crippen LogP contribution >= 0.6 is 23.2 Å². The van der Waals surface area contributed by atoms with E-state index in [2.05, 4.69) is 16.9 Å². The first-order chi connectivity index (χ1) is 11.9. The summed E-state index contributed by atoms with van der Waals surface area (Å²) in [5.41, 5.74) is 1.20. The molecule has 0 aliphatic heterocycles. The summed E-state index contributed by atoms with van der Waals surface area (Å²) in [6.45, 7) is 4.76. The van der Waals surface area contributed by atoms with Crippen molar-refractivity contribution in [1.82, 2.24) is 10.3 Å². The molecule has 0 aliphatic carbocycles. The van der Waals surface area contributed by atoms with Gasteiger partial charge in [0.15, 0.2) is 19.0 Å². The summed E-state index contributed by atoms with van der Waals surface area (Å²) in [5, 5.41) is 3.80. The first-order valence-electron chi connectivity index (χ1n) is 7.33. The number of rotatable bonds is 7. The van der Waals surface area contributed by atoms with Crippen LogP contribution in [0.5, 0.6) is 5.75 Å². The number of pyridine rings is 1. The molecular weight excluding hydrogens is 367 g/mol. The Morgan fingerprint density at radius 3 is 2.76 bits per heavy atom. The third-order valence-electron chi connectivity index (χ3n) is 3.12. The molecule has 0 atom stereocenters. The number of hydrogen-bond donors (Lipinski definition) is 1. The molecule has 1 heterocycles. The maximum Gasteiger partial charge on any atom is 0.344 e. The standard InChI is InChI=1S/C17H16Cl2N2O4/c1-3-6-20-14(22)8-24-15(23)9-25-17-13(19)7-12(18)11-5-4-10(2)21-16(11)17/h3-5,7H,1,6,8-9H2,2H3,(H,20,22). The number of amides is 1. The summed E-state index contributed by atoms with van der Waals surface area (Å²) in [7, 11) is 0. The molecule has 0 spiro atoms. The number of ether oxygens (including phenoxy) is 2. The molecule has 1 N–H and O–H groups in total. The van der Waals surface area contributed by atoms with Crippen molar-refractivity contribution in [2.75, 3.05) is 19.8 Å². The number of hydrogen-bond acceptors (Lipinski definition) is 5. The molecule has 2 aromatic rings. The molecule has 25 heavy (non-hydrogen) atoms. The Labute approximate surface area is 154 Å². The molecule has 1 aromatic carbocycles. The van der Waals surface area contributed by atoms with Gasteiger partial charge in [-0.05, 0) is 25.1 Å². The number of fused-ring (bicyclic) bond motifs is 1. The van der Waals surface area contributed by atoms with Crippen molar-refractivity contribution in [2.24, 2.45) is 0 Å². The second-order valence-electron chi connectivity index (χ2n) is 5.06. The number of carbonyl (C=O) groups excluding carboxylic acids is 2. The molecule has 0 unspecified atom stereocenters. The number of esters is 1. The van der Waals surface area contributed by atoms with E-state index in [4.69, 9.17) is 32.7 Å². The minimum Gasteiger partial charge on any atom is -0.478 e. The van der Waals surface area contributed by atoms with Gasteiger partial charge in [-0.3, -0.25) is 4.79 Å². The minimum atomic E-state index is -0.708. The smallest absolute Gasteiger partial charge is 0.344 e. The van der Waals surface area contributed by atoms with E-state index in [-0.39, 0.29) is 10.8 Å². The van der Waals surface area contributed by atoms with Gasteiger partial charge in [0.1, 0.15) is 5.52 Å². The highest BCUT2D eigenvalue weighted by atomic mass is 35.5. The maximum atomic E-state index is 11.7. The lowest BCUT2D eigenvalue weighted by Gasteiger charge is -2.12. The maximum absolute atomic E-state index is 11.7. The quantitative estimate of drug-likeness (QED) is 0.587. The number of aromatic nitrogens is 1. The van der Waals surface area contributed by atoms with Crippen molar-refractivity contribution in [3.63, 3.8) is 0 Å². The van der Waals surface area contributed by atoms with E-state index >= 15 is 0 Å². The van der Waals surface area contributed by atoms with Crippen molar-refractivity contribution in [3.05, 3.63) is 46.6 Å². The summed E-state index contributed by atoms with van der Waals surface area (Å²) in [6, 6.07) is 5.12. The van der Waals surface area contributed by atoms with Crippen molar-refractivity contribution in [2.45, 2.75) is 6.92 Å². The lowest BCUT2D eigenvalue weighted by Crippen LogP contribution is -2.29. The highest BCUT2D eigenvalue weighted by Crippen LogP contribution is 2.37. The Hall–Kier alpha value is -2.31. The van der Waals surface area contributed by atoms with E-state index < -0.39 is 25.1 Å². The highest BCUT2D eigenvalue weighted by molar-refractivity contribution is 6.39. The van der Waals surface area contributed by atoms with Crippen LogP contribution in [0.15, 0.2) is 30.9 Å². The van der Waals surface area contributed by atoms with Crippen molar-refractivity contribution >= 4 is 46.0 Å². The van der Waals surface area contributed by atoms with Gasteiger partial charge in [0.2, 0.25) is 0 Å². The van der Waals surface area contributed by atoms with E-state index in [1.807, 2.05) is 13.0 Å². The van der Waals surface area contributed by atoms with E-state index in [1.54, 1.807) is 6.07 Å². The summed E-state index contributed by atoms with van der Waals surface area (Å²) in [5.74, 6) is -0.904. The van der Waals surface area contributed by atoms with Crippen LogP contribution in [0.3, 0.4) is 0 Å². The number of nitrogens with one attached hydrogen (secondary N) is 1. The average molecular weight is 383 g/mol. The van der Waals surface area contributed by atoms with E-state index in [0.29, 0.717) is 22.5 Å². The van der Waals surface area contributed by atoms with E-state index in [1.165, 1.54) is 12.1 Å². The van der Waals surface area contributed by atoms with Gasteiger partial charge in [0, 0.05) is 17.6 Å². The predicted molar refractivity (Wildman–Crippen MR) is 96.2 cm³/mol. The molecular formula is C17H16Cl2N2O4. The molecule has 0 saturated heterocycles. The zero-order valence-electron chi connectivity index (χ0n) is 13.5. The molecule has 1 amide bonds. The first-order valence-corrected chi connectivity index (χ1v) is 8.09. The molecule has 0 fully saturated rings. The molecule has 0 saturated carbocycles. The Morgan fingerprint density at radius 1 is 1.28 bits per heavy atom. The van der Waals surface area contributed by atoms with Gasteiger partial charge in [-0.2, -0.15) is 0 Å². The van der Waals surface area contributed by atoms with Crippen molar-refractivity contribution in [1.29, 1.82) is 0 Å². The van der Waals surface area contributed by atoms with Crippen LogP contribution in [0.4, 0.5) is 0 Å². The molecule has 1 aromatic heterocycles. The highest BCUT2D eigenvalue weighted by Gasteiger charge is 2.15. The predicted octanol–water partition coefficient (Wildman–Crippen LogP) is 3.07. The average Bonchev–Trinajstić information content (AvgIpc) is 2.57. The van der Waals surface area contributed by atoms with Gasteiger partial charge < -0.3 is 14.8 Å². The van der Waals surface area contributed by atoms with Gasteiger partial charge in [-0.25, -0.2) is 9.78 Å². The lowest BCUT2D eigenvalue weighted by molar-refractivity contribution is -0.150. The summed E-state index contributed by atoms with van der Waals surface area (Å²) in [4.78, 5) is 27.5. The van der Waals surface area contributed by atoms with Crippen molar-refractivity contribution < 1.29 is 19.1 Å². The zero-order chi connectivity index (χ0) is 18.4. The second kappa shape index (κ2) is 8.69.